The van der Waals surface area contributed by atoms with Crippen molar-refractivity contribution >= 4 is 25.1 Å². The van der Waals surface area contributed by atoms with Gasteiger partial charge in [0.1, 0.15) is 7.85 Å². The van der Waals surface area contributed by atoms with Crippen LogP contribution in [0.15, 0.2) is 102 Å². The topological polar surface area (TPSA) is 25.2 Å². The van der Waals surface area contributed by atoms with E-state index >= 15 is 0 Å². The zero-order valence-electron chi connectivity index (χ0n) is 17.2. The van der Waals surface area contributed by atoms with Gasteiger partial charge in [-0.05, 0) is 69.6 Å². The van der Waals surface area contributed by atoms with Gasteiger partial charge < -0.3 is 0 Å². The summed E-state index contributed by atoms with van der Waals surface area (Å²) in [5, 5.41) is 0. The molecule has 3 aromatic carbocycles. The fourth-order valence-corrected chi connectivity index (χ4v) is 3.98. The molecule has 31 heavy (non-hydrogen) atoms. The maximum atomic E-state index is 6.32. The normalized spacial score (nSPS) is 13.1. The number of hydrogen-bond acceptors (Lipinski definition) is 2. The van der Waals surface area contributed by atoms with E-state index in [2.05, 4.69) is 76.7 Å². The van der Waals surface area contributed by atoms with Gasteiger partial charge in [-0.1, -0.05) is 66.1 Å². The molecule has 0 amide bonds. The largest absolute Gasteiger partial charge is 0.292 e. The van der Waals surface area contributed by atoms with Crippen LogP contribution in [0.25, 0.3) is 39.0 Å². The quantitative estimate of drug-likeness (QED) is 0.404. The summed E-state index contributed by atoms with van der Waals surface area (Å²) < 4.78 is 0. The van der Waals surface area contributed by atoms with Gasteiger partial charge in [-0.3, -0.25) is 9.98 Å². The van der Waals surface area contributed by atoms with Gasteiger partial charge in [0.15, 0.2) is 0 Å². The van der Waals surface area contributed by atoms with E-state index in [9.17, 15) is 0 Å². The average Bonchev–Trinajstić information content (AvgIpc) is 2.85. The molecule has 1 aliphatic heterocycles. The molecule has 4 aromatic rings. The number of pyridine rings is 1. The first-order chi connectivity index (χ1) is 15.3. The van der Waals surface area contributed by atoms with Crippen LogP contribution >= 0.6 is 0 Å². The second-order valence-electron chi connectivity index (χ2n) is 7.73. The SMILES string of the molecule is [B]c1cc(-c2cccc(C3=CCCN=C3)c2)cc(-c2cccc(-c3cccnc3)c2)c1. The highest BCUT2D eigenvalue weighted by molar-refractivity contribution is 6.33. The Morgan fingerprint density at radius 3 is 1.90 bits per heavy atom. The molecule has 3 heteroatoms. The van der Waals surface area contributed by atoms with Crippen LogP contribution in [0.3, 0.4) is 0 Å². The first-order valence-corrected chi connectivity index (χ1v) is 10.5. The molecular weight excluding hydrogens is 375 g/mol. The minimum absolute atomic E-state index is 0.753. The Hall–Kier alpha value is -3.72. The fourth-order valence-electron chi connectivity index (χ4n) is 3.98. The van der Waals surface area contributed by atoms with Crippen molar-refractivity contribution in [2.75, 3.05) is 6.54 Å². The van der Waals surface area contributed by atoms with Crippen molar-refractivity contribution in [1.29, 1.82) is 0 Å². The van der Waals surface area contributed by atoms with Gasteiger partial charge in [0.05, 0.1) is 0 Å². The smallest absolute Gasteiger partial charge is 0.113 e. The van der Waals surface area contributed by atoms with E-state index in [-0.39, 0.29) is 0 Å². The Morgan fingerprint density at radius 2 is 1.26 bits per heavy atom. The molecule has 0 saturated heterocycles. The molecule has 2 heterocycles. The Balaban J connectivity index is 1.54. The standard InChI is InChI=1S/C28H21BN2/c29-28-16-26(22-7-1-5-20(13-22)24-9-3-11-30-18-24)15-27(17-28)23-8-2-6-21(14-23)25-10-4-12-31-19-25/h1-3,5-11,13-19H,4,12H2. The molecule has 0 N–H and O–H groups in total. The number of hydrogen-bond donors (Lipinski definition) is 0. The molecule has 0 bridgehead atoms. The van der Waals surface area contributed by atoms with Gasteiger partial charge in [0.2, 0.25) is 0 Å². The Bertz CT molecular complexity index is 1290. The van der Waals surface area contributed by atoms with Crippen molar-refractivity contribution in [3.8, 4) is 33.4 Å². The van der Waals surface area contributed by atoms with Crippen LogP contribution in [0, 0.1) is 0 Å². The van der Waals surface area contributed by atoms with E-state index in [0.717, 1.165) is 51.8 Å². The lowest BCUT2D eigenvalue weighted by Gasteiger charge is -2.12. The van der Waals surface area contributed by atoms with Crippen LogP contribution in [0.4, 0.5) is 0 Å². The van der Waals surface area contributed by atoms with Gasteiger partial charge in [-0.2, -0.15) is 0 Å². The molecule has 1 aliphatic rings. The molecule has 5 rings (SSSR count). The van der Waals surface area contributed by atoms with E-state index in [4.69, 9.17) is 7.85 Å². The molecular formula is C28H21BN2. The lowest BCUT2D eigenvalue weighted by molar-refractivity contribution is 1.01. The fraction of sp³-hybridized carbons (Fsp3) is 0.0714. The molecule has 0 fully saturated rings. The van der Waals surface area contributed by atoms with E-state index in [1.54, 1.807) is 6.20 Å². The van der Waals surface area contributed by atoms with Crippen molar-refractivity contribution in [2.45, 2.75) is 6.42 Å². The van der Waals surface area contributed by atoms with Crippen molar-refractivity contribution < 1.29 is 0 Å². The number of allylic oxidation sites excluding steroid dienone is 1. The summed E-state index contributed by atoms with van der Waals surface area (Å²) in [6, 6.07) is 27.4. The third kappa shape index (κ3) is 4.27. The molecule has 0 aliphatic carbocycles. The Labute approximate surface area is 184 Å². The van der Waals surface area contributed by atoms with Gasteiger partial charge in [0.25, 0.3) is 0 Å². The van der Waals surface area contributed by atoms with Gasteiger partial charge >= 0.3 is 0 Å². The Morgan fingerprint density at radius 1 is 0.645 bits per heavy atom. The summed E-state index contributed by atoms with van der Waals surface area (Å²) >= 11 is 0. The van der Waals surface area contributed by atoms with Crippen LogP contribution in [-0.4, -0.2) is 25.6 Å². The first-order valence-electron chi connectivity index (χ1n) is 10.5. The zero-order valence-corrected chi connectivity index (χ0v) is 17.2. The van der Waals surface area contributed by atoms with E-state index in [1.165, 1.54) is 11.1 Å². The molecule has 146 valence electrons. The molecule has 0 unspecified atom stereocenters. The highest BCUT2D eigenvalue weighted by Crippen LogP contribution is 2.30. The number of aromatic nitrogens is 1. The molecule has 2 radical (unpaired) electrons. The number of dihydropyridines is 1. The van der Waals surface area contributed by atoms with Crippen molar-refractivity contribution in [1.82, 2.24) is 4.98 Å². The molecule has 0 atom stereocenters. The second-order valence-corrected chi connectivity index (χ2v) is 7.73. The maximum absolute atomic E-state index is 6.32. The van der Waals surface area contributed by atoms with Crippen LogP contribution < -0.4 is 5.46 Å². The van der Waals surface area contributed by atoms with Crippen molar-refractivity contribution in [3.63, 3.8) is 0 Å². The number of aliphatic imine (C=N–C) groups is 1. The molecule has 2 nitrogen and oxygen atoms in total. The lowest BCUT2D eigenvalue weighted by atomic mass is 9.87. The van der Waals surface area contributed by atoms with E-state index in [1.807, 2.05) is 30.6 Å². The van der Waals surface area contributed by atoms with Crippen molar-refractivity contribution in [3.05, 3.63) is 103 Å². The van der Waals surface area contributed by atoms with Gasteiger partial charge in [0, 0.05) is 30.7 Å². The Kier molecular flexibility index (Phi) is 5.32. The minimum Gasteiger partial charge on any atom is -0.292 e. The summed E-state index contributed by atoms with van der Waals surface area (Å²) in [6.07, 6.45) is 8.89. The summed E-state index contributed by atoms with van der Waals surface area (Å²) in [5.41, 5.74) is 9.85. The van der Waals surface area contributed by atoms with E-state index in [0.29, 0.717) is 0 Å². The number of nitrogens with zero attached hydrogens (tertiary/aromatic N) is 2. The zero-order chi connectivity index (χ0) is 21.0. The minimum atomic E-state index is 0.753. The monoisotopic (exact) mass is 396 g/mol. The lowest BCUT2D eigenvalue weighted by Crippen LogP contribution is -2.03. The van der Waals surface area contributed by atoms with E-state index < -0.39 is 0 Å². The third-order valence-corrected chi connectivity index (χ3v) is 5.53. The average molecular weight is 396 g/mol. The molecule has 1 aromatic heterocycles. The van der Waals surface area contributed by atoms with Crippen LogP contribution in [0.1, 0.15) is 12.0 Å². The summed E-state index contributed by atoms with van der Waals surface area (Å²) in [6.45, 7) is 0.875. The molecule has 0 saturated carbocycles. The van der Waals surface area contributed by atoms with Crippen LogP contribution in [0.5, 0.6) is 0 Å². The second kappa shape index (κ2) is 8.57. The maximum Gasteiger partial charge on any atom is 0.113 e. The summed E-state index contributed by atoms with van der Waals surface area (Å²) in [7, 11) is 6.32. The third-order valence-electron chi connectivity index (χ3n) is 5.53. The first kappa shape index (κ1) is 19.3. The highest BCUT2D eigenvalue weighted by atomic mass is 14.7. The highest BCUT2D eigenvalue weighted by Gasteiger charge is 2.08. The summed E-state index contributed by atoms with van der Waals surface area (Å²) in [4.78, 5) is 8.66. The predicted octanol–water partition coefficient (Wildman–Crippen LogP) is 5.73. The number of rotatable bonds is 4. The van der Waals surface area contributed by atoms with Gasteiger partial charge in [-0.25, -0.2) is 0 Å². The van der Waals surface area contributed by atoms with Gasteiger partial charge in [-0.15, -0.1) is 0 Å². The number of benzene rings is 3. The summed E-state index contributed by atoms with van der Waals surface area (Å²) in [5.74, 6) is 0. The van der Waals surface area contributed by atoms with Crippen LogP contribution in [0.2, 0.25) is 0 Å². The van der Waals surface area contributed by atoms with Crippen molar-refractivity contribution in [2.24, 2.45) is 4.99 Å². The predicted molar refractivity (Wildman–Crippen MR) is 132 cm³/mol. The molecule has 0 spiro atoms. The van der Waals surface area contributed by atoms with Crippen LogP contribution in [-0.2, 0) is 0 Å².